The number of thiazole rings is 2. The third-order valence-corrected chi connectivity index (χ3v) is 20.9. The Labute approximate surface area is 620 Å². The highest BCUT2D eigenvalue weighted by Gasteiger charge is 2.43. The summed E-state index contributed by atoms with van der Waals surface area (Å²) < 4.78 is 26.3. The number of benzene rings is 4. The Morgan fingerprint density at radius 1 is 0.505 bits per heavy atom. The lowest BCUT2D eigenvalue weighted by atomic mass is 9.91. The van der Waals surface area contributed by atoms with E-state index in [9.17, 15) is 62.3 Å². The van der Waals surface area contributed by atoms with Gasteiger partial charge in [-0.3, -0.25) is 38.4 Å². The molecule has 3 saturated heterocycles. The molecule has 4 aromatic carbocycles. The standard InChI is InChI=1S/C42H51N5O12S.C18H13Br2NO2S.C13H21NO5/c1-22(2)33(44-41(54)56-6)37(50)46-18-8-10-29(46)39(52)58-20-31(48)26-14-12-25(13-15-26)27-16-17-28(36-35(27)43-24(5)60-36)32(49)21-59-40(53)30-11-9-19-47(30)38(51)34(23(3)4)45-42(55)57-7;1-10-21-17-13(6-7-14(16(23)9-20)18(17)24-10)11-2-4-12(5-3-11)15(22)8-19;1-8(2)9(7-11(15)19-3)12(16)14-6-4-5-10(14)13(17)18/h12-17,22-23,29-30,33-34H,8-11,18-21H2,1-7H3,(H,44,54)(H,45,55);2-7H,8-9H2,1H3;8-10H,4-7H2,1-3H3,(H,17,18)/t29-,30-,33-,34-;;9-,10-/m0.0/s1. The number of amides is 5. The zero-order chi connectivity index (χ0) is 75.7. The fourth-order valence-corrected chi connectivity index (χ4v) is 14.8. The molecule has 0 aliphatic carbocycles. The van der Waals surface area contributed by atoms with E-state index in [1.807, 2.05) is 57.2 Å². The minimum atomic E-state index is -0.980. The average molecular weight is 1590 g/mol. The Kier molecular flexibility index (Phi) is 29.7. The number of nitrogens with one attached hydrogen (secondary N) is 2. The van der Waals surface area contributed by atoms with Gasteiger partial charge in [0.25, 0.3) is 0 Å². The second-order valence-corrected chi connectivity index (χ2v) is 29.3. The van der Waals surface area contributed by atoms with E-state index in [4.69, 9.17) is 14.6 Å². The van der Waals surface area contributed by atoms with Gasteiger partial charge in [0.1, 0.15) is 30.2 Å². The monoisotopic (exact) mass is 1590 g/mol. The molecule has 0 unspecified atom stereocenters. The molecule has 0 radical (unpaired) electrons. The van der Waals surface area contributed by atoms with Crippen LogP contribution in [0.1, 0.15) is 138 Å². The van der Waals surface area contributed by atoms with E-state index in [2.05, 4.69) is 66.7 Å². The highest BCUT2D eigenvalue weighted by atomic mass is 79.9. The van der Waals surface area contributed by atoms with E-state index in [-0.39, 0.29) is 47.2 Å². The summed E-state index contributed by atoms with van der Waals surface area (Å²) in [7, 11) is 3.67. The third-order valence-electron chi connectivity index (χ3n) is 17.8. The smallest absolute Gasteiger partial charge is 0.407 e. The first-order chi connectivity index (χ1) is 49.0. The number of aliphatic carboxylic acids is 1. The van der Waals surface area contributed by atoms with Crippen molar-refractivity contribution in [3.05, 3.63) is 105 Å². The number of rotatable bonds is 25. The van der Waals surface area contributed by atoms with Gasteiger partial charge in [0.15, 0.2) is 30.6 Å². The van der Waals surface area contributed by atoms with Crippen molar-refractivity contribution < 1.29 is 91.1 Å². The van der Waals surface area contributed by atoms with E-state index in [0.29, 0.717) is 112 Å². The van der Waals surface area contributed by atoms with Crippen LogP contribution in [0.3, 0.4) is 0 Å². The number of likely N-dealkylation sites (tertiary alicyclic amines) is 3. The van der Waals surface area contributed by atoms with Crippen molar-refractivity contribution in [2.45, 2.75) is 131 Å². The number of ketones is 4. The number of esters is 3. The summed E-state index contributed by atoms with van der Waals surface area (Å²) in [6.07, 6.45) is 1.45. The van der Waals surface area contributed by atoms with E-state index >= 15 is 0 Å². The van der Waals surface area contributed by atoms with Crippen molar-refractivity contribution in [2.24, 2.45) is 23.7 Å². The number of alkyl carbamates (subject to hydrolysis) is 2. The zero-order valence-corrected chi connectivity index (χ0v) is 63.9. The first-order valence-electron chi connectivity index (χ1n) is 33.5. The lowest BCUT2D eigenvalue weighted by molar-refractivity contribution is -0.153. The number of carboxylic acids is 1. The fourth-order valence-electron chi connectivity index (χ4n) is 12.3. The highest BCUT2D eigenvalue weighted by Crippen LogP contribution is 2.37. The number of carboxylic acid groups (broad SMARTS) is 1. The number of hydrogen-bond donors (Lipinski definition) is 3. The molecular weight excluding hydrogens is 1500 g/mol. The van der Waals surface area contributed by atoms with Crippen LogP contribution in [0.5, 0.6) is 0 Å². The highest BCUT2D eigenvalue weighted by molar-refractivity contribution is 9.09. The Morgan fingerprint density at radius 2 is 0.893 bits per heavy atom. The first-order valence-corrected chi connectivity index (χ1v) is 37.4. The van der Waals surface area contributed by atoms with E-state index < -0.39 is 109 Å². The molecule has 2 aromatic heterocycles. The maximum absolute atomic E-state index is 13.5. The van der Waals surface area contributed by atoms with Gasteiger partial charge in [0, 0.05) is 53.0 Å². The molecule has 9 rings (SSSR count). The van der Waals surface area contributed by atoms with Gasteiger partial charge in [-0.15, -0.1) is 22.7 Å². The molecule has 0 bridgehead atoms. The largest absolute Gasteiger partial charge is 0.480 e. The van der Waals surface area contributed by atoms with Gasteiger partial charge < -0.3 is 54.1 Å². The van der Waals surface area contributed by atoms with Gasteiger partial charge in [-0.2, -0.15) is 0 Å². The molecule has 6 aromatic rings. The molecule has 3 aliphatic rings. The second-order valence-electron chi connectivity index (χ2n) is 25.7. The van der Waals surface area contributed by atoms with Gasteiger partial charge in [-0.1, -0.05) is 134 Å². The van der Waals surface area contributed by atoms with Crippen LogP contribution < -0.4 is 10.6 Å². The number of carbonyl (C=O) groups excluding carboxylic acids is 12. The molecule has 5 amide bonds. The first kappa shape index (κ1) is 81.4. The van der Waals surface area contributed by atoms with Crippen LogP contribution in [0, 0.1) is 37.5 Å². The Morgan fingerprint density at radius 3 is 1.27 bits per heavy atom. The number of fused-ring (bicyclic) bond motifs is 2. The number of aryl methyl sites for hydroxylation is 2. The minimum Gasteiger partial charge on any atom is -0.480 e. The number of Topliss-reactive ketones (excluding diaryl/α,β-unsaturated/α-hetero) is 4. The van der Waals surface area contributed by atoms with Crippen molar-refractivity contribution in [3.8, 4) is 22.3 Å². The van der Waals surface area contributed by atoms with Crippen molar-refractivity contribution in [1.82, 2.24) is 35.3 Å². The van der Waals surface area contributed by atoms with Gasteiger partial charge in [-0.05, 0) is 93.4 Å². The maximum atomic E-state index is 13.5. The molecule has 26 nitrogen and oxygen atoms in total. The molecular formula is C73H85Br2N7O19S2. The second kappa shape index (κ2) is 37.5. The zero-order valence-electron chi connectivity index (χ0n) is 59.1. The van der Waals surface area contributed by atoms with E-state index in [0.717, 1.165) is 26.4 Å². The molecule has 3 fully saturated rings. The van der Waals surface area contributed by atoms with Gasteiger partial charge in [0.05, 0.1) is 74.8 Å². The number of ether oxygens (including phenoxy) is 5. The molecule has 0 spiro atoms. The number of methoxy groups -OCH3 is 3. The number of carbonyl (C=O) groups is 13. The molecule has 0 saturated carbocycles. The normalized spacial score (nSPS) is 16.4. The summed E-state index contributed by atoms with van der Waals surface area (Å²) >= 11 is 9.26. The summed E-state index contributed by atoms with van der Waals surface area (Å²) in [5.41, 5.74) is 6.70. The molecule has 30 heteroatoms. The van der Waals surface area contributed by atoms with Gasteiger partial charge >= 0.3 is 36.1 Å². The number of alkyl halides is 2. The molecule has 3 aliphatic heterocycles. The van der Waals surface area contributed by atoms with Crippen molar-refractivity contribution in [3.63, 3.8) is 0 Å². The number of halogens is 2. The maximum Gasteiger partial charge on any atom is 0.407 e. The van der Waals surface area contributed by atoms with Crippen LogP contribution in [-0.4, -0.2) is 202 Å². The van der Waals surface area contributed by atoms with Crippen LogP contribution >= 0.6 is 54.5 Å². The van der Waals surface area contributed by atoms with Gasteiger partial charge in [-0.25, -0.2) is 33.9 Å². The van der Waals surface area contributed by atoms with Gasteiger partial charge in [0.2, 0.25) is 23.5 Å². The third kappa shape index (κ3) is 20.3. The lowest BCUT2D eigenvalue weighted by Gasteiger charge is -2.29. The molecule has 5 heterocycles. The average Bonchev–Trinajstić information content (AvgIpc) is 1.69. The molecule has 552 valence electrons. The van der Waals surface area contributed by atoms with Crippen molar-refractivity contribution in [1.29, 1.82) is 0 Å². The van der Waals surface area contributed by atoms with Crippen LogP contribution in [0.4, 0.5) is 9.59 Å². The summed E-state index contributed by atoms with van der Waals surface area (Å²) in [6, 6.07) is 16.9. The number of hydrogen-bond acceptors (Lipinski definition) is 22. The minimum absolute atomic E-state index is 0.00413. The summed E-state index contributed by atoms with van der Waals surface area (Å²) in [6.45, 7) is 14.4. The predicted octanol–water partition coefficient (Wildman–Crippen LogP) is 10.8. The Bertz CT molecular complexity index is 4160. The summed E-state index contributed by atoms with van der Waals surface area (Å²) in [4.78, 5) is 176. The Hall–Kier alpha value is -8.87. The van der Waals surface area contributed by atoms with Crippen LogP contribution in [0.2, 0.25) is 0 Å². The Balaban J connectivity index is 0.000000278. The predicted molar refractivity (Wildman–Crippen MR) is 392 cm³/mol. The van der Waals surface area contributed by atoms with Crippen molar-refractivity contribution in [2.75, 3.05) is 64.8 Å². The van der Waals surface area contributed by atoms with E-state index in [1.54, 1.807) is 71.0 Å². The summed E-state index contributed by atoms with van der Waals surface area (Å²) in [5, 5.41) is 16.4. The summed E-state index contributed by atoms with van der Waals surface area (Å²) in [5.74, 6) is -5.90. The number of aromatic nitrogens is 2. The van der Waals surface area contributed by atoms with Crippen LogP contribution in [0.25, 0.3) is 42.7 Å². The molecule has 3 N–H and O–H groups in total. The lowest BCUT2D eigenvalue weighted by Crippen LogP contribution is -2.54. The van der Waals surface area contributed by atoms with Crippen molar-refractivity contribution >= 4 is 152 Å². The fraction of sp³-hybridized carbons (Fsp3) is 0.466. The molecule has 103 heavy (non-hydrogen) atoms. The molecule has 6 atom stereocenters. The SMILES string of the molecule is COC(=O)C[C@H](C(=O)N1CCC[C@H]1C(=O)O)C(C)C.COC(=O)N[C@H](C(=O)N1CCC[C@H]1C(=O)OCC(=O)c1ccc(-c2ccc(C(=O)COC(=O)[C@@H]3CCCN3C(=O)[C@@H](NC(=O)OC)C(C)C)c3sc(C)nc23)cc1)C(C)C.Cc1nc2c(-c3ccc(C(=O)CBr)cc3)ccc(C(=O)CBr)c2s1. The van der Waals surface area contributed by atoms with Crippen LogP contribution in [-0.2, 0) is 57.2 Å². The van der Waals surface area contributed by atoms with E-state index in [1.165, 1.54) is 58.7 Å². The number of nitrogens with zero attached hydrogens (tertiary/aromatic N) is 5. The topological polar surface area (TPSA) is 348 Å². The quantitative estimate of drug-likeness (QED) is 0.0207. The van der Waals surface area contributed by atoms with Crippen LogP contribution in [0.15, 0.2) is 72.8 Å².